The third kappa shape index (κ3) is 2.54. The van der Waals surface area contributed by atoms with E-state index in [0.29, 0.717) is 17.8 Å². The first kappa shape index (κ1) is 13.8. The van der Waals surface area contributed by atoms with Crippen LogP contribution in [0.1, 0.15) is 17.4 Å². The van der Waals surface area contributed by atoms with Gasteiger partial charge in [-0.15, -0.1) is 4.52 Å². The Labute approximate surface area is 129 Å². The van der Waals surface area contributed by atoms with Gasteiger partial charge in [0, 0.05) is 4.47 Å². The van der Waals surface area contributed by atoms with Gasteiger partial charge in [0.1, 0.15) is 11.9 Å². The van der Waals surface area contributed by atoms with Gasteiger partial charge in [0.2, 0.25) is 5.52 Å². The lowest BCUT2D eigenvalue weighted by molar-refractivity contribution is -0.603. The summed E-state index contributed by atoms with van der Waals surface area (Å²) in [5.74, 6) is -0.419. The second kappa shape index (κ2) is 5.65. The SMILES string of the molecule is CCOC(=O)c1nn(-c2ccc(Br)cc2)[n+]2ccccc12. The predicted octanol–water partition coefficient (Wildman–Crippen LogP) is 2.55. The molecule has 0 fully saturated rings. The quantitative estimate of drug-likeness (QED) is 0.540. The number of hydrogen-bond donors (Lipinski definition) is 0. The molecule has 0 spiro atoms. The fraction of sp³-hybridized carbons (Fsp3) is 0.133. The Morgan fingerprint density at radius 1 is 1.29 bits per heavy atom. The number of pyridine rings is 1. The molecule has 5 nitrogen and oxygen atoms in total. The molecule has 6 heteroatoms. The first-order valence-corrected chi connectivity index (χ1v) is 7.33. The van der Waals surface area contributed by atoms with E-state index in [1.54, 1.807) is 11.7 Å². The van der Waals surface area contributed by atoms with E-state index in [2.05, 4.69) is 21.0 Å². The molecule has 1 aromatic carbocycles. The standard InChI is InChI=1S/C15H13BrN3O2/c1-2-21-15(20)14-13-5-3-4-10-18(13)19(17-14)12-8-6-11(16)7-9-12/h3-10H,2H2,1H3/q+1. The van der Waals surface area contributed by atoms with Crippen LogP contribution in [0.2, 0.25) is 0 Å². The molecule has 3 aromatic rings. The Morgan fingerprint density at radius 3 is 2.76 bits per heavy atom. The van der Waals surface area contributed by atoms with Gasteiger partial charge in [0.25, 0.3) is 0 Å². The number of carbonyl (C=O) groups is 1. The van der Waals surface area contributed by atoms with Crippen LogP contribution in [0.5, 0.6) is 0 Å². The lowest BCUT2D eigenvalue weighted by atomic mass is 10.3. The average Bonchev–Trinajstić information content (AvgIpc) is 2.88. The Balaban J connectivity index is 2.19. The summed E-state index contributed by atoms with van der Waals surface area (Å²) in [6.07, 6.45) is 1.85. The molecule has 0 aliphatic rings. The van der Waals surface area contributed by atoms with Gasteiger partial charge in [-0.1, -0.05) is 22.0 Å². The number of fused-ring (bicyclic) bond motifs is 1. The van der Waals surface area contributed by atoms with E-state index in [0.717, 1.165) is 10.2 Å². The van der Waals surface area contributed by atoms with Crippen LogP contribution in [0, 0.1) is 0 Å². The zero-order valence-electron chi connectivity index (χ0n) is 11.4. The van der Waals surface area contributed by atoms with Crippen molar-refractivity contribution in [3.05, 3.63) is 58.8 Å². The number of nitrogens with zero attached hydrogens (tertiary/aromatic N) is 3. The zero-order chi connectivity index (χ0) is 14.8. The summed E-state index contributed by atoms with van der Waals surface area (Å²) in [6, 6.07) is 13.3. The fourth-order valence-electron chi connectivity index (χ4n) is 2.08. The second-order valence-electron chi connectivity index (χ2n) is 4.37. The fourth-order valence-corrected chi connectivity index (χ4v) is 2.35. The average molecular weight is 347 g/mol. The maximum atomic E-state index is 12.0. The second-order valence-corrected chi connectivity index (χ2v) is 5.28. The van der Waals surface area contributed by atoms with E-state index in [1.165, 1.54) is 0 Å². The van der Waals surface area contributed by atoms with E-state index in [9.17, 15) is 4.79 Å². The Kier molecular flexibility index (Phi) is 3.70. The minimum absolute atomic E-state index is 0.306. The lowest BCUT2D eigenvalue weighted by Gasteiger charge is -1.96. The molecular weight excluding hydrogens is 334 g/mol. The van der Waals surface area contributed by atoms with Crippen molar-refractivity contribution in [2.45, 2.75) is 6.92 Å². The molecule has 0 aliphatic heterocycles. The Hall–Kier alpha value is -2.21. The van der Waals surface area contributed by atoms with Crippen LogP contribution in [-0.4, -0.2) is 22.5 Å². The summed E-state index contributed by atoms with van der Waals surface area (Å²) >= 11 is 3.41. The van der Waals surface area contributed by atoms with Gasteiger partial charge in [-0.2, -0.15) is 0 Å². The largest absolute Gasteiger partial charge is 0.459 e. The highest BCUT2D eigenvalue weighted by Crippen LogP contribution is 2.14. The number of benzene rings is 1. The third-order valence-corrected chi connectivity index (χ3v) is 3.54. The van der Waals surface area contributed by atoms with E-state index in [4.69, 9.17) is 4.74 Å². The molecule has 2 heterocycles. The van der Waals surface area contributed by atoms with Gasteiger partial charge in [0.05, 0.1) is 11.7 Å². The molecule has 0 bridgehead atoms. The maximum Gasteiger partial charge on any atom is 0.390 e. The number of aromatic nitrogens is 3. The predicted molar refractivity (Wildman–Crippen MR) is 80.4 cm³/mol. The summed E-state index contributed by atoms with van der Waals surface area (Å²) in [4.78, 5) is 13.7. The number of rotatable bonds is 3. The van der Waals surface area contributed by atoms with Crippen LogP contribution in [0.3, 0.4) is 0 Å². The Bertz CT molecular complexity index is 796. The number of carbonyl (C=O) groups excluding carboxylic acids is 1. The molecule has 21 heavy (non-hydrogen) atoms. The minimum Gasteiger partial charge on any atom is -0.459 e. The van der Waals surface area contributed by atoms with Crippen LogP contribution in [0.25, 0.3) is 11.2 Å². The summed E-state index contributed by atoms with van der Waals surface area (Å²) in [5.41, 5.74) is 1.87. The highest BCUT2D eigenvalue weighted by atomic mass is 79.9. The molecular formula is C15H13BrN3O2+. The van der Waals surface area contributed by atoms with Crippen molar-refractivity contribution in [2.75, 3.05) is 6.61 Å². The zero-order valence-corrected chi connectivity index (χ0v) is 12.9. The molecule has 0 radical (unpaired) electrons. The van der Waals surface area contributed by atoms with Crippen molar-refractivity contribution in [1.29, 1.82) is 0 Å². The first-order valence-electron chi connectivity index (χ1n) is 6.53. The molecule has 0 atom stereocenters. The van der Waals surface area contributed by atoms with Crippen molar-refractivity contribution in [3.63, 3.8) is 0 Å². The van der Waals surface area contributed by atoms with Crippen molar-refractivity contribution in [2.24, 2.45) is 0 Å². The van der Waals surface area contributed by atoms with Crippen LogP contribution >= 0.6 is 15.9 Å². The van der Waals surface area contributed by atoms with Gasteiger partial charge in [0.15, 0.2) is 0 Å². The highest BCUT2D eigenvalue weighted by Gasteiger charge is 2.27. The molecule has 0 saturated heterocycles. The van der Waals surface area contributed by atoms with Gasteiger partial charge >= 0.3 is 11.7 Å². The molecule has 3 rings (SSSR count). The number of esters is 1. The minimum atomic E-state index is -0.419. The normalized spacial score (nSPS) is 10.8. The summed E-state index contributed by atoms with van der Waals surface area (Å²) in [5, 5.41) is 4.40. The lowest BCUT2D eigenvalue weighted by Crippen LogP contribution is -2.31. The van der Waals surface area contributed by atoms with Crippen molar-refractivity contribution >= 4 is 27.4 Å². The molecule has 2 aromatic heterocycles. The number of halogens is 1. The van der Waals surface area contributed by atoms with E-state index in [-0.39, 0.29) is 0 Å². The van der Waals surface area contributed by atoms with Crippen LogP contribution < -0.4 is 4.52 Å². The third-order valence-electron chi connectivity index (χ3n) is 3.01. The number of hydrogen-bond acceptors (Lipinski definition) is 3. The smallest absolute Gasteiger partial charge is 0.390 e. The molecule has 0 amide bonds. The Morgan fingerprint density at radius 2 is 2.05 bits per heavy atom. The van der Waals surface area contributed by atoms with Crippen LogP contribution in [0.4, 0.5) is 0 Å². The van der Waals surface area contributed by atoms with Crippen LogP contribution in [0.15, 0.2) is 53.1 Å². The summed E-state index contributed by atoms with van der Waals surface area (Å²) in [7, 11) is 0. The highest BCUT2D eigenvalue weighted by molar-refractivity contribution is 9.10. The number of ether oxygens (including phenoxy) is 1. The van der Waals surface area contributed by atoms with Crippen molar-refractivity contribution < 1.29 is 14.0 Å². The van der Waals surface area contributed by atoms with Gasteiger partial charge in [-0.05, 0) is 48.1 Å². The van der Waals surface area contributed by atoms with Crippen LogP contribution in [-0.2, 0) is 4.74 Å². The van der Waals surface area contributed by atoms with Gasteiger partial charge < -0.3 is 4.74 Å². The van der Waals surface area contributed by atoms with Gasteiger partial charge in [-0.3, -0.25) is 0 Å². The summed E-state index contributed by atoms with van der Waals surface area (Å²) < 4.78 is 7.87. The maximum absolute atomic E-state index is 12.0. The van der Waals surface area contributed by atoms with Crippen molar-refractivity contribution in [1.82, 2.24) is 9.90 Å². The van der Waals surface area contributed by atoms with E-state index in [1.807, 2.05) is 53.2 Å². The molecule has 0 N–H and O–H groups in total. The molecule has 0 aliphatic carbocycles. The molecule has 106 valence electrons. The molecule has 0 unspecified atom stereocenters. The summed E-state index contributed by atoms with van der Waals surface area (Å²) in [6.45, 7) is 2.10. The first-order chi connectivity index (χ1) is 10.2. The topological polar surface area (TPSA) is 48.2 Å². The van der Waals surface area contributed by atoms with E-state index >= 15 is 0 Å². The monoisotopic (exact) mass is 346 g/mol. The van der Waals surface area contributed by atoms with Gasteiger partial charge in [-0.25, -0.2) is 4.79 Å². The van der Waals surface area contributed by atoms with E-state index < -0.39 is 5.97 Å². The molecule has 0 saturated carbocycles. The van der Waals surface area contributed by atoms with Crippen molar-refractivity contribution in [3.8, 4) is 5.69 Å².